The predicted octanol–water partition coefficient (Wildman–Crippen LogP) is 31.4. The second-order valence-electron chi connectivity index (χ2n) is 36.0. The van der Waals surface area contributed by atoms with Crippen LogP contribution in [-0.4, -0.2) is 76.0 Å². The van der Waals surface area contributed by atoms with Crippen molar-refractivity contribution in [3.05, 3.63) is 111 Å². The number of unbranched alkanes of at least 4 members (excludes halogenated alkanes) is 32. The monoisotopic (exact) mass is 1970 g/mol. The Hall–Kier alpha value is -3.42. The fourth-order valence-electron chi connectivity index (χ4n) is 19.3. The average Bonchev–Trinajstić information content (AvgIpc) is 1.58. The molecule has 6 atom stereocenters. The Morgan fingerprint density at radius 3 is 0.712 bits per heavy atom. The van der Waals surface area contributed by atoms with Crippen molar-refractivity contribution in [3.8, 4) is 0 Å². The Morgan fingerprint density at radius 2 is 0.492 bits per heavy atom. The summed E-state index contributed by atoms with van der Waals surface area (Å²) in [4.78, 5) is 67.8. The Balaban J connectivity index is 0.000000290. The number of benzene rings is 4. The van der Waals surface area contributed by atoms with Gasteiger partial charge in [0.2, 0.25) is 0 Å². The van der Waals surface area contributed by atoms with Gasteiger partial charge >= 0.3 is 0 Å². The maximum Gasteiger partial charge on any atom is 0.259 e. The molecule has 4 heterocycles. The van der Waals surface area contributed by atoms with Gasteiger partial charge in [0.25, 0.3) is 23.6 Å². The minimum Gasteiger partial charge on any atom is -0.315 e. The highest BCUT2D eigenvalue weighted by Gasteiger charge is 2.46. The number of likely N-dealkylation sites (N-methyl/N-ethyl adjacent to an activating group) is 2. The van der Waals surface area contributed by atoms with E-state index in [1.807, 2.05) is 21.9 Å². The van der Waals surface area contributed by atoms with E-state index in [0.717, 1.165) is 113 Å². The molecule has 9 rings (SSSR count). The number of amides is 4. The lowest BCUT2D eigenvalue weighted by Gasteiger charge is -2.30. The van der Waals surface area contributed by atoms with E-state index in [9.17, 15) is 19.2 Å². The molecule has 2 N–H and O–H groups in total. The van der Waals surface area contributed by atoms with Crippen LogP contribution in [0.25, 0.3) is 22.3 Å². The molecule has 4 aromatic rings. The summed E-state index contributed by atoms with van der Waals surface area (Å²) in [5.41, 5.74) is 9.96. The maximum atomic E-state index is 14.9. The van der Waals surface area contributed by atoms with Crippen LogP contribution < -0.4 is 30.2 Å². The number of anilines is 4. The predicted molar refractivity (Wildman–Crippen MR) is 535 cm³/mol. The summed E-state index contributed by atoms with van der Waals surface area (Å²) < 4.78 is 4.18. The number of hydrogen-bond acceptors (Lipinski definition) is 6. The van der Waals surface area contributed by atoms with Gasteiger partial charge in [0.15, 0.2) is 0 Å². The molecular formula is C104H162Br2I2N6O4. The molecule has 14 heteroatoms. The lowest BCUT2D eigenvalue weighted by atomic mass is 9.91. The average molecular weight is 1970 g/mol. The third kappa shape index (κ3) is 32.5. The molecule has 1 aliphatic carbocycles. The summed E-state index contributed by atoms with van der Waals surface area (Å²) in [6.45, 7) is 21.1. The van der Waals surface area contributed by atoms with Crippen LogP contribution in [0.1, 0.15) is 412 Å². The molecule has 1 saturated carbocycles. The summed E-state index contributed by atoms with van der Waals surface area (Å²) in [7, 11) is 4.11. The molecule has 0 spiro atoms. The van der Waals surface area contributed by atoms with Crippen molar-refractivity contribution in [2.45, 2.75) is 401 Å². The van der Waals surface area contributed by atoms with E-state index in [2.05, 4.69) is 228 Å². The first-order valence-electron chi connectivity index (χ1n) is 48.9. The normalized spacial score (nSPS) is 17.9. The second kappa shape index (κ2) is 58.7. The first-order valence-corrected chi connectivity index (χ1v) is 52.6. The molecule has 4 aliphatic heterocycles. The maximum absolute atomic E-state index is 14.9. The highest BCUT2D eigenvalue weighted by atomic mass is 127. The van der Waals surface area contributed by atoms with Crippen LogP contribution in [-0.2, 0) is 19.2 Å². The highest BCUT2D eigenvalue weighted by Crippen LogP contribution is 2.51. The Kier molecular flexibility index (Phi) is 50.6. The molecule has 1 fully saturated rings. The van der Waals surface area contributed by atoms with Gasteiger partial charge in [-0.05, 0) is 196 Å². The Bertz CT molecular complexity index is 3200. The summed E-state index contributed by atoms with van der Waals surface area (Å²) in [6.07, 6.45) is 65.5. The second-order valence-corrected chi connectivity index (χ2v) is 40.3. The van der Waals surface area contributed by atoms with E-state index in [1.165, 1.54) is 295 Å². The third-order valence-corrected chi connectivity index (χ3v) is 28.7. The topological polar surface area (TPSA) is 105 Å². The molecule has 0 bridgehead atoms. The molecule has 6 unspecified atom stereocenters. The van der Waals surface area contributed by atoms with Gasteiger partial charge in [0.05, 0.1) is 45.0 Å². The van der Waals surface area contributed by atoms with Crippen molar-refractivity contribution < 1.29 is 19.2 Å². The van der Waals surface area contributed by atoms with Gasteiger partial charge < -0.3 is 30.2 Å². The number of nitrogens with zero attached hydrogens (tertiary/aromatic N) is 4. The molecule has 5 aliphatic rings. The lowest BCUT2D eigenvalue weighted by Crippen LogP contribution is -2.47. The molecule has 0 saturated heterocycles. The SMILES string of the molecule is CCCCCCCCC(CCCCCC)CN1C(=O)/C(=C2/C(=O)N(CC(CCCCCC)CCCCCCCC)c3cc(Br)ccc32)c2ccc(Br)cc21.CCCCCCCCC(CCCCCC)CN1C(=O)/C(=C2/C(=O)N(CC(CCCCCC)CCCCCCCC)c3cc(I)ccc32)c2ccc(I)cc21.CNC1CCCCC1NC. The Labute approximate surface area is 764 Å². The van der Waals surface area contributed by atoms with Gasteiger partial charge in [-0.2, -0.15) is 0 Å². The van der Waals surface area contributed by atoms with Crippen LogP contribution in [0.15, 0.2) is 81.7 Å². The summed E-state index contributed by atoms with van der Waals surface area (Å²) >= 11 is 12.2. The highest BCUT2D eigenvalue weighted by molar-refractivity contribution is 14.1. The van der Waals surface area contributed by atoms with Crippen molar-refractivity contribution in [1.29, 1.82) is 0 Å². The quantitative estimate of drug-likeness (QED) is 0.0259. The molecule has 0 aromatic heterocycles. The van der Waals surface area contributed by atoms with Gasteiger partial charge in [0, 0.05) is 76.6 Å². The van der Waals surface area contributed by atoms with Crippen LogP contribution in [0.3, 0.4) is 0 Å². The number of hydrogen-bond donors (Lipinski definition) is 2. The first-order chi connectivity index (χ1) is 57.6. The summed E-state index contributed by atoms with van der Waals surface area (Å²) in [6, 6.07) is 26.6. The van der Waals surface area contributed by atoms with Crippen LogP contribution in [0.2, 0.25) is 0 Å². The van der Waals surface area contributed by atoms with E-state index in [1.54, 1.807) is 0 Å². The van der Waals surface area contributed by atoms with Gasteiger partial charge in [0.1, 0.15) is 0 Å². The fraction of sp³-hybridized carbons (Fsp3) is 0.692. The third-order valence-electron chi connectivity index (χ3n) is 26.4. The number of fused-ring (bicyclic) bond motifs is 4. The first kappa shape index (κ1) is 102. The van der Waals surface area contributed by atoms with Crippen LogP contribution >= 0.6 is 77.0 Å². The van der Waals surface area contributed by atoms with Crippen molar-refractivity contribution in [2.24, 2.45) is 23.7 Å². The van der Waals surface area contributed by atoms with Gasteiger partial charge in [-0.25, -0.2) is 0 Å². The van der Waals surface area contributed by atoms with E-state index in [-0.39, 0.29) is 23.6 Å². The number of nitrogens with one attached hydrogen (secondary N) is 2. The molecule has 10 nitrogen and oxygen atoms in total. The molecule has 660 valence electrons. The van der Waals surface area contributed by atoms with E-state index >= 15 is 0 Å². The largest absolute Gasteiger partial charge is 0.315 e. The van der Waals surface area contributed by atoms with Crippen molar-refractivity contribution in [3.63, 3.8) is 0 Å². The van der Waals surface area contributed by atoms with Gasteiger partial charge in [-0.3, -0.25) is 19.2 Å². The Morgan fingerprint density at radius 1 is 0.297 bits per heavy atom. The number of carbonyl (C=O) groups excluding carboxylic acids is 4. The van der Waals surface area contributed by atoms with Crippen molar-refractivity contribution in [1.82, 2.24) is 10.6 Å². The van der Waals surface area contributed by atoms with Crippen LogP contribution in [0, 0.1) is 30.8 Å². The zero-order chi connectivity index (χ0) is 84.8. The van der Waals surface area contributed by atoms with Crippen molar-refractivity contribution in [2.75, 3.05) is 59.9 Å². The molecule has 4 aromatic carbocycles. The minimum absolute atomic E-state index is 0.00753. The minimum atomic E-state index is -0.00753. The molecule has 4 amide bonds. The smallest absolute Gasteiger partial charge is 0.259 e. The molecule has 0 radical (unpaired) electrons. The van der Waals surface area contributed by atoms with Gasteiger partial charge in [-0.15, -0.1) is 0 Å². The van der Waals surface area contributed by atoms with E-state index < -0.39 is 0 Å². The zero-order valence-corrected chi connectivity index (χ0v) is 83.4. The summed E-state index contributed by atoms with van der Waals surface area (Å²) in [5.74, 6) is 1.85. The van der Waals surface area contributed by atoms with Crippen LogP contribution in [0.4, 0.5) is 22.7 Å². The van der Waals surface area contributed by atoms with Gasteiger partial charge in [-0.1, -0.05) is 381 Å². The molecular weight excluding hydrogens is 1810 g/mol. The number of rotatable bonds is 58. The standard InChI is InChI=1S/C48H72Br2N2O2.C48H72I2N2O2.C8H18N2/c2*1-5-9-13-17-19-23-27-37(25-21-15-11-7-3)35-51-43-33-39(49)29-31-41(43)45(47(51)53)46-42-32-30-40(50)34-44(42)52(48(46)54)36-38(26-22-16-12-8-4)28-24-20-18-14-10-6-2;1-9-7-5-3-4-6-8(7)10-2/h2*29-34,37-38H,5-28,35-36H2,1-4H3;7-10H,3-6H2,1-2H3/b2*46-45+;. The molecule has 118 heavy (non-hydrogen) atoms. The van der Waals surface area contributed by atoms with Crippen LogP contribution in [0.5, 0.6) is 0 Å². The lowest BCUT2D eigenvalue weighted by molar-refractivity contribution is -0.114. The van der Waals surface area contributed by atoms with Crippen molar-refractivity contribution >= 4 is 146 Å². The number of halogens is 4. The number of carbonyl (C=O) groups is 4. The van der Waals surface area contributed by atoms with E-state index in [0.29, 0.717) is 71.1 Å². The summed E-state index contributed by atoms with van der Waals surface area (Å²) in [5, 5.41) is 6.68. The van der Waals surface area contributed by atoms with E-state index in [4.69, 9.17) is 0 Å². The zero-order valence-electron chi connectivity index (χ0n) is 75.9. The fourth-order valence-corrected chi connectivity index (χ4v) is 21.0.